The molecule has 196 valence electrons. The van der Waals surface area contributed by atoms with Crippen LogP contribution in [0.5, 0.6) is 0 Å². The topological polar surface area (TPSA) is 97.7 Å². The smallest absolute Gasteiger partial charge is 0.296 e. The molecule has 0 radical (unpaired) electrons. The molecule has 2 aromatic heterocycles. The Bertz CT molecular complexity index is 1710. The summed E-state index contributed by atoms with van der Waals surface area (Å²) in [5.41, 5.74) is 4.48. The third-order valence-electron chi connectivity index (χ3n) is 7.15. The van der Waals surface area contributed by atoms with Crippen molar-refractivity contribution >= 4 is 0 Å². The molecule has 5 aromatic rings. The summed E-state index contributed by atoms with van der Waals surface area (Å²) in [4.78, 5) is 33.3. The molecule has 6 rings (SSSR count). The summed E-state index contributed by atoms with van der Waals surface area (Å²) >= 11 is 0. The van der Waals surface area contributed by atoms with Gasteiger partial charge in [0, 0.05) is 17.9 Å². The van der Waals surface area contributed by atoms with E-state index in [1.807, 2.05) is 83.4 Å². The minimum atomic E-state index is -0.589. The molecule has 3 aromatic carbocycles. The van der Waals surface area contributed by atoms with Gasteiger partial charge < -0.3 is 0 Å². The Morgan fingerprint density at radius 3 is 2.33 bits per heavy atom. The second-order valence-corrected chi connectivity index (χ2v) is 9.99. The van der Waals surface area contributed by atoms with Gasteiger partial charge >= 0.3 is 11.4 Å². The van der Waals surface area contributed by atoms with Crippen LogP contribution in [0.25, 0.3) is 28.2 Å². The van der Waals surface area contributed by atoms with Gasteiger partial charge in [-0.2, -0.15) is 9.13 Å². The fraction of sp³-hybridized carbons (Fsp3) is 0.258. The highest BCUT2D eigenvalue weighted by molar-refractivity contribution is 5.80. The van der Waals surface area contributed by atoms with Gasteiger partial charge in [-0.05, 0) is 48.1 Å². The van der Waals surface area contributed by atoms with E-state index in [0.717, 1.165) is 71.7 Å². The largest absolute Gasteiger partial charge is 0.450 e. The fourth-order valence-electron chi connectivity index (χ4n) is 4.95. The van der Waals surface area contributed by atoms with Gasteiger partial charge in [-0.15, -0.1) is 0 Å². The van der Waals surface area contributed by atoms with Crippen LogP contribution in [0, 0.1) is 0 Å². The molecule has 39 heavy (non-hydrogen) atoms. The summed E-state index contributed by atoms with van der Waals surface area (Å²) in [7, 11) is 0. The number of aryl methyl sites for hydroxylation is 1. The summed E-state index contributed by atoms with van der Waals surface area (Å²) < 4.78 is 8.35. The zero-order chi connectivity index (χ0) is 26.8. The Morgan fingerprint density at radius 2 is 1.67 bits per heavy atom. The number of H-pyrrole nitrogens is 1. The molecule has 1 aliphatic rings. The number of unbranched alkanes of at least 4 members (excludes halogenated alkanes) is 1. The zero-order valence-electron chi connectivity index (χ0n) is 21.8. The maximum Gasteiger partial charge on any atom is 0.450 e. The quantitative estimate of drug-likeness (QED) is 0.282. The van der Waals surface area contributed by atoms with Crippen LogP contribution < -0.4 is 16.0 Å². The van der Waals surface area contributed by atoms with Crippen LogP contribution in [0.1, 0.15) is 55.7 Å². The van der Waals surface area contributed by atoms with Gasteiger partial charge in [-0.25, -0.2) is 9.59 Å². The van der Waals surface area contributed by atoms with E-state index < -0.39 is 5.76 Å². The number of hydrogen-bond acceptors (Lipinski definition) is 5. The molecular weight excluding hydrogens is 490 g/mol. The van der Waals surface area contributed by atoms with Gasteiger partial charge in [0.15, 0.2) is 5.82 Å². The number of nitrogens with zero attached hydrogens (tertiary/aromatic N) is 4. The molecule has 8 heteroatoms. The summed E-state index contributed by atoms with van der Waals surface area (Å²) in [6, 6.07) is 25.7. The van der Waals surface area contributed by atoms with Crippen molar-refractivity contribution in [3.8, 4) is 28.2 Å². The second kappa shape index (κ2) is 10.6. The minimum absolute atomic E-state index is 0.0476. The number of aromatic amines is 1. The average Bonchev–Trinajstić information content (AvgIpc) is 3.73. The van der Waals surface area contributed by atoms with Crippen LogP contribution in [-0.2, 0) is 13.0 Å². The first kappa shape index (κ1) is 24.7. The Hall–Kier alpha value is -4.59. The lowest BCUT2D eigenvalue weighted by molar-refractivity contribution is -0.717. The summed E-state index contributed by atoms with van der Waals surface area (Å²) in [6.45, 7) is 2.59. The van der Waals surface area contributed by atoms with E-state index in [2.05, 4.69) is 17.1 Å². The van der Waals surface area contributed by atoms with E-state index in [4.69, 9.17) is 9.51 Å². The monoisotopic (exact) mass is 520 g/mol. The standard InChI is InChI=1S/C31H29N5O3/c1-2-3-13-27-32-29(23-18-19-23)36(24-9-5-4-6-10-24)31(38)35(27)20-21-14-16-22(17-15-21)25-11-7-8-12-26(25)28-33-30(37)39-34-28/h4-12,14-17,23H,2-3,13,18-20H2,1H3/p+1. The normalized spacial score (nSPS) is 13.1. The number of hydrogen-bond donors (Lipinski definition) is 1. The number of para-hydroxylation sites is 1. The third-order valence-corrected chi connectivity index (χ3v) is 7.15. The average molecular weight is 521 g/mol. The van der Waals surface area contributed by atoms with Crippen LogP contribution in [0.15, 0.2) is 93.0 Å². The van der Waals surface area contributed by atoms with Crippen LogP contribution in [0.3, 0.4) is 0 Å². The van der Waals surface area contributed by atoms with Gasteiger partial charge in [0.25, 0.3) is 5.82 Å². The molecule has 0 spiro atoms. The minimum Gasteiger partial charge on any atom is -0.296 e. The van der Waals surface area contributed by atoms with E-state index in [1.54, 1.807) is 4.57 Å². The summed E-state index contributed by atoms with van der Waals surface area (Å²) in [5, 5.41) is 3.86. The molecular formula is C31H30N5O3+. The second-order valence-electron chi connectivity index (χ2n) is 9.99. The van der Waals surface area contributed by atoms with Crippen molar-refractivity contribution in [2.24, 2.45) is 0 Å². The summed E-state index contributed by atoms with van der Waals surface area (Å²) in [5.74, 6) is 1.87. The predicted molar refractivity (Wildman–Crippen MR) is 148 cm³/mol. The van der Waals surface area contributed by atoms with Crippen LogP contribution in [-0.4, -0.2) is 19.7 Å². The molecule has 0 saturated heterocycles. The van der Waals surface area contributed by atoms with Gasteiger partial charge in [0.05, 0.1) is 0 Å². The van der Waals surface area contributed by atoms with Crippen molar-refractivity contribution < 1.29 is 9.09 Å². The maximum atomic E-state index is 14.0. The molecule has 1 aliphatic carbocycles. The highest BCUT2D eigenvalue weighted by Gasteiger charge is 2.36. The molecule has 0 aliphatic heterocycles. The first-order valence-electron chi connectivity index (χ1n) is 13.5. The number of aromatic nitrogens is 5. The van der Waals surface area contributed by atoms with Gasteiger partial charge in [0.1, 0.15) is 12.2 Å². The zero-order valence-corrected chi connectivity index (χ0v) is 21.8. The Balaban J connectivity index is 1.38. The molecule has 1 saturated carbocycles. The first-order chi connectivity index (χ1) is 19.1. The fourth-order valence-corrected chi connectivity index (χ4v) is 4.95. The lowest BCUT2D eigenvalue weighted by atomic mass is 9.98. The Morgan fingerprint density at radius 1 is 0.949 bits per heavy atom. The van der Waals surface area contributed by atoms with Crippen LogP contribution >= 0.6 is 0 Å². The van der Waals surface area contributed by atoms with Crippen molar-refractivity contribution in [1.29, 1.82) is 0 Å². The summed E-state index contributed by atoms with van der Waals surface area (Å²) in [6.07, 6.45) is 4.92. The lowest BCUT2D eigenvalue weighted by Gasteiger charge is -2.12. The molecule has 8 nitrogen and oxygen atoms in total. The molecule has 0 atom stereocenters. The number of benzene rings is 3. The SMILES string of the molecule is CCCCc1nc(C2CC2)n(-c2ccccc2)c(=O)[n+]1Cc1ccc(-c2ccccc2-c2noc(=O)[nH]2)cc1. The van der Waals surface area contributed by atoms with E-state index in [1.165, 1.54) is 0 Å². The van der Waals surface area contributed by atoms with Crippen molar-refractivity contribution in [1.82, 2.24) is 19.7 Å². The van der Waals surface area contributed by atoms with Crippen LogP contribution in [0.2, 0.25) is 0 Å². The molecule has 2 heterocycles. The highest BCUT2D eigenvalue weighted by Crippen LogP contribution is 2.39. The van der Waals surface area contributed by atoms with Crippen LogP contribution in [0.4, 0.5) is 0 Å². The lowest BCUT2D eigenvalue weighted by Crippen LogP contribution is -2.58. The van der Waals surface area contributed by atoms with E-state index >= 15 is 0 Å². The maximum absolute atomic E-state index is 14.0. The third kappa shape index (κ3) is 5.10. The van der Waals surface area contributed by atoms with Crippen molar-refractivity contribution in [2.75, 3.05) is 0 Å². The molecule has 0 bridgehead atoms. The van der Waals surface area contributed by atoms with Gasteiger partial charge in [0.2, 0.25) is 5.82 Å². The van der Waals surface area contributed by atoms with Crippen molar-refractivity contribution in [3.05, 3.63) is 117 Å². The number of rotatable bonds is 9. The first-order valence-corrected chi connectivity index (χ1v) is 13.5. The van der Waals surface area contributed by atoms with Crippen molar-refractivity contribution in [3.63, 3.8) is 0 Å². The Kier molecular flexibility index (Phi) is 6.75. The van der Waals surface area contributed by atoms with Gasteiger partial charge in [-0.3, -0.25) is 9.51 Å². The van der Waals surface area contributed by atoms with Gasteiger partial charge in [-0.1, -0.05) is 90.2 Å². The molecule has 0 unspecified atom stereocenters. The molecule has 1 fully saturated rings. The number of nitrogens with one attached hydrogen (secondary N) is 1. The molecule has 1 N–H and O–H groups in total. The van der Waals surface area contributed by atoms with E-state index in [0.29, 0.717) is 18.3 Å². The van der Waals surface area contributed by atoms with Crippen molar-refractivity contribution in [2.45, 2.75) is 51.5 Å². The Labute approximate surface area is 225 Å². The predicted octanol–water partition coefficient (Wildman–Crippen LogP) is 4.80. The highest BCUT2D eigenvalue weighted by atomic mass is 16.5. The van der Waals surface area contributed by atoms with E-state index in [9.17, 15) is 9.59 Å². The van der Waals surface area contributed by atoms with E-state index in [-0.39, 0.29) is 5.69 Å². The molecule has 0 amide bonds.